The van der Waals surface area contributed by atoms with Gasteiger partial charge in [-0.3, -0.25) is 9.48 Å². The van der Waals surface area contributed by atoms with Crippen LogP contribution in [0.4, 0.5) is 11.5 Å². The van der Waals surface area contributed by atoms with E-state index < -0.39 is 5.91 Å². The fourth-order valence-corrected chi connectivity index (χ4v) is 2.62. The van der Waals surface area contributed by atoms with Crippen LogP contribution in [0, 0.1) is 0 Å². The lowest BCUT2D eigenvalue weighted by molar-refractivity contribution is 0.102. The highest BCUT2D eigenvalue weighted by molar-refractivity contribution is 6.05. The fourth-order valence-electron chi connectivity index (χ4n) is 2.62. The minimum atomic E-state index is -0.442. The molecule has 1 aromatic carbocycles. The van der Waals surface area contributed by atoms with Crippen molar-refractivity contribution in [1.82, 2.24) is 19.7 Å². The van der Waals surface area contributed by atoms with E-state index in [2.05, 4.69) is 20.4 Å². The molecule has 3 aromatic rings. The second-order valence-electron chi connectivity index (χ2n) is 5.67. The molecule has 0 spiro atoms. The molecule has 128 valence electrons. The molecule has 2 unspecified atom stereocenters. The topological polar surface area (TPSA) is 125 Å². The number of amides is 1. The molecule has 0 aliphatic heterocycles. The van der Waals surface area contributed by atoms with E-state index in [0.29, 0.717) is 5.69 Å². The van der Waals surface area contributed by atoms with E-state index in [0.717, 1.165) is 5.56 Å². The Morgan fingerprint density at radius 3 is 2.60 bits per heavy atom. The van der Waals surface area contributed by atoms with Gasteiger partial charge >= 0.3 is 0 Å². The van der Waals surface area contributed by atoms with Crippen molar-refractivity contribution in [2.24, 2.45) is 5.73 Å². The van der Waals surface area contributed by atoms with Crippen LogP contribution < -0.4 is 16.8 Å². The molecule has 2 heterocycles. The van der Waals surface area contributed by atoms with Crippen molar-refractivity contribution in [2.75, 3.05) is 11.1 Å². The van der Waals surface area contributed by atoms with Gasteiger partial charge in [0, 0.05) is 24.6 Å². The summed E-state index contributed by atoms with van der Waals surface area (Å²) in [6, 6.07) is 9.53. The molecule has 8 nitrogen and oxygen atoms in total. The van der Waals surface area contributed by atoms with Gasteiger partial charge in [0.25, 0.3) is 5.91 Å². The highest BCUT2D eigenvalue weighted by atomic mass is 16.1. The number of hydrogen-bond donors (Lipinski definition) is 3. The van der Waals surface area contributed by atoms with Crippen molar-refractivity contribution >= 4 is 17.4 Å². The zero-order chi connectivity index (χ0) is 17.8. The lowest BCUT2D eigenvalue weighted by atomic mass is 10.0. The molecule has 0 saturated carbocycles. The number of aromatic nitrogens is 4. The molecule has 0 bridgehead atoms. The van der Waals surface area contributed by atoms with Crippen LogP contribution in [0.3, 0.4) is 0 Å². The van der Waals surface area contributed by atoms with Crippen molar-refractivity contribution in [3.8, 4) is 0 Å². The van der Waals surface area contributed by atoms with Crippen molar-refractivity contribution in [3.63, 3.8) is 0 Å². The summed E-state index contributed by atoms with van der Waals surface area (Å²) in [4.78, 5) is 20.1. The Balaban J connectivity index is 1.82. The van der Waals surface area contributed by atoms with Gasteiger partial charge in [0.05, 0.1) is 17.9 Å². The smallest absolute Gasteiger partial charge is 0.278 e. The summed E-state index contributed by atoms with van der Waals surface area (Å²) in [5.41, 5.74) is 13.4. The summed E-state index contributed by atoms with van der Waals surface area (Å²) in [6.45, 7) is 1.91. The molecule has 0 radical (unpaired) electrons. The van der Waals surface area contributed by atoms with Crippen molar-refractivity contribution in [2.45, 2.75) is 19.0 Å². The number of benzene rings is 1. The van der Waals surface area contributed by atoms with Crippen LogP contribution in [0.2, 0.25) is 0 Å². The van der Waals surface area contributed by atoms with Crippen LogP contribution in [0.15, 0.2) is 55.1 Å². The number of carbonyl (C=O) groups excluding carboxylic acids is 1. The first-order chi connectivity index (χ1) is 12.1. The lowest BCUT2D eigenvalue weighted by Gasteiger charge is -2.21. The number of hydrogen-bond acceptors (Lipinski definition) is 6. The summed E-state index contributed by atoms with van der Waals surface area (Å²) in [7, 11) is 0. The molecule has 8 heteroatoms. The Kier molecular flexibility index (Phi) is 4.71. The molecule has 0 saturated heterocycles. The summed E-state index contributed by atoms with van der Waals surface area (Å²) in [5, 5.41) is 7.06. The highest BCUT2D eigenvalue weighted by Gasteiger charge is 2.20. The summed E-state index contributed by atoms with van der Waals surface area (Å²) in [5.74, 6) is -0.368. The molecule has 2 atom stereocenters. The second kappa shape index (κ2) is 7.10. The highest BCUT2D eigenvalue weighted by Crippen LogP contribution is 2.22. The van der Waals surface area contributed by atoms with Crippen LogP contribution in [0.25, 0.3) is 0 Å². The standard InChI is InChI=1S/C17H19N7O/c1-11(18)15(12-5-3-2-4-6-12)24-10-13(9-22-24)23-17(25)14-16(19)21-8-7-20-14/h2-11,15H,18H2,1H3,(H2,19,21)(H,23,25). The number of nitrogen functional groups attached to an aromatic ring is 1. The average molecular weight is 337 g/mol. The van der Waals surface area contributed by atoms with E-state index in [9.17, 15) is 4.79 Å². The normalized spacial score (nSPS) is 13.2. The molecular weight excluding hydrogens is 318 g/mol. The number of rotatable bonds is 5. The minimum Gasteiger partial charge on any atom is -0.382 e. The van der Waals surface area contributed by atoms with E-state index in [-0.39, 0.29) is 23.6 Å². The van der Waals surface area contributed by atoms with E-state index >= 15 is 0 Å². The van der Waals surface area contributed by atoms with Gasteiger partial charge in [-0.15, -0.1) is 0 Å². The van der Waals surface area contributed by atoms with Crippen LogP contribution in [0.1, 0.15) is 29.0 Å². The van der Waals surface area contributed by atoms with E-state index in [4.69, 9.17) is 11.5 Å². The Morgan fingerprint density at radius 1 is 1.20 bits per heavy atom. The summed E-state index contributed by atoms with van der Waals surface area (Å²) in [6.07, 6.45) is 6.13. The van der Waals surface area contributed by atoms with Gasteiger partial charge in [-0.25, -0.2) is 9.97 Å². The first-order valence-electron chi connectivity index (χ1n) is 7.79. The maximum Gasteiger partial charge on any atom is 0.278 e. The van der Waals surface area contributed by atoms with E-state index in [1.54, 1.807) is 17.1 Å². The van der Waals surface area contributed by atoms with Crippen LogP contribution in [-0.4, -0.2) is 31.7 Å². The maximum atomic E-state index is 12.3. The third-order valence-corrected chi connectivity index (χ3v) is 3.73. The van der Waals surface area contributed by atoms with Gasteiger partial charge < -0.3 is 16.8 Å². The molecule has 0 fully saturated rings. The van der Waals surface area contributed by atoms with Crippen LogP contribution in [-0.2, 0) is 0 Å². The Bertz CT molecular complexity index is 860. The second-order valence-corrected chi connectivity index (χ2v) is 5.67. The van der Waals surface area contributed by atoms with E-state index in [1.165, 1.54) is 12.4 Å². The zero-order valence-corrected chi connectivity index (χ0v) is 13.7. The maximum absolute atomic E-state index is 12.3. The van der Waals surface area contributed by atoms with Crippen molar-refractivity contribution < 1.29 is 4.79 Å². The molecule has 0 aliphatic carbocycles. The lowest BCUT2D eigenvalue weighted by Crippen LogP contribution is -2.30. The SMILES string of the molecule is CC(N)C(c1ccccc1)n1cc(NC(=O)c2nccnc2N)cn1. The van der Waals surface area contributed by atoms with Gasteiger partial charge in [0.2, 0.25) is 0 Å². The Labute approximate surface area is 144 Å². The number of carbonyl (C=O) groups is 1. The summed E-state index contributed by atoms with van der Waals surface area (Å²) < 4.78 is 1.73. The van der Waals surface area contributed by atoms with Gasteiger partial charge in [-0.05, 0) is 12.5 Å². The predicted molar refractivity (Wildman–Crippen MR) is 94.9 cm³/mol. The fraction of sp³-hybridized carbons (Fsp3) is 0.176. The van der Waals surface area contributed by atoms with Gasteiger partial charge in [0.1, 0.15) is 0 Å². The monoisotopic (exact) mass is 337 g/mol. The molecule has 2 aromatic heterocycles. The third kappa shape index (κ3) is 3.64. The number of anilines is 2. The number of nitrogens with two attached hydrogens (primary N) is 2. The Hall–Kier alpha value is -3.26. The molecule has 5 N–H and O–H groups in total. The Morgan fingerprint density at radius 2 is 1.92 bits per heavy atom. The average Bonchev–Trinajstić information content (AvgIpc) is 3.04. The quantitative estimate of drug-likeness (QED) is 0.647. The van der Waals surface area contributed by atoms with Crippen molar-refractivity contribution in [3.05, 3.63) is 66.4 Å². The number of nitrogens with one attached hydrogen (secondary N) is 1. The molecular formula is C17H19N7O. The molecule has 3 rings (SSSR count). The van der Waals surface area contributed by atoms with Crippen LogP contribution >= 0.6 is 0 Å². The zero-order valence-electron chi connectivity index (χ0n) is 13.7. The number of nitrogens with zero attached hydrogens (tertiary/aromatic N) is 4. The predicted octanol–water partition coefficient (Wildman–Crippen LogP) is 1.44. The molecule has 1 amide bonds. The molecule has 25 heavy (non-hydrogen) atoms. The minimum absolute atomic E-state index is 0.0713. The van der Waals surface area contributed by atoms with Crippen LogP contribution in [0.5, 0.6) is 0 Å². The first kappa shape index (κ1) is 16.6. The van der Waals surface area contributed by atoms with Gasteiger partial charge in [0.15, 0.2) is 11.5 Å². The van der Waals surface area contributed by atoms with Gasteiger partial charge in [-0.2, -0.15) is 5.10 Å². The first-order valence-corrected chi connectivity index (χ1v) is 7.79. The van der Waals surface area contributed by atoms with E-state index in [1.807, 2.05) is 37.3 Å². The van der Waals surface area contributed by atoms with Crippen molar-refractivity contribution in [1.29, 1.82) is 0 Å². The van der Waals surface area contributed by atoms with Gasteiger partial charge in [-0.1, -0.05) is 30.3 Å². The molecule has 0 aliphatic rings. The third-order valence-electron chi connectivity index (χ3n) is 3.73. The largest absolute Gasteiger partial charge is 0.382 e. The summed E-state index contributed by atoms with van der Waals surface area (Å²) >= 11 is 0.